The van der Waals surface area contributed by atoms with Gasteiger partial charge in [0.05, 0.1) is 11.0 Å². The number of para-hydroxylation sites is 2. The van der Waals surface area contributed by atoms with Gasteiger partial charge in [-0.15, -0.1) is 0 Å². The lowest BCUT2D eigenvalue weighted by Crippen LogP contribution is -2.00. The van der Waals surface area contributed by atoms with E-state index in [0.717, 1.165) is 66.2 Å². The fraction of sp³-hybridized carbons (Fsp3) is 0. The molecule has 280 valence electrons. The zero-order valence-corrected chi connectivity index (χ0v) is 32.2. The summed E-state index contributed by atoms with van der Waals surface area (Å²) in [6, 6.07) is 65.8. The molecule has 0 N–H and O–H groups in total. The van der Waals surface area contributed by atoms with Crippen LogP contribution in [0.2, 0.25) is 0 Å². The Labute approximate surface area is 344 Å². The van der Waals surface area contributed by atoms with Gasteiger partial charge in [-0.3, -0.25) is 4.98 Å². The smallest absolute Gasteiger partial charge is 0.164 e. The normalized spacial score (nSPS) is 11.7. The molecule has 12 aromatic rings. The van der Waals surface area contributed by atoms with E-state index in [1.807, 2.05) is 30.5 Å². The quantitative estimate of drug-likeness (QED) is 0.168. The van der Waals surface area contributed by atoms with Crippen molar-refractivity contribution >= 4 is 54.5 Å². The van der Waals surface area contributed by atoms with Gasteiger partial charge in [0.15, 0.2) is 17.5 Å². The van der Waals surface area contributed by atoms with Gasteiger partial charge in [0.2, 0.25) is 0 Å². The Morgan fingerprint density at radius 2 is 0.967 bits per heavy atom. The maximum atomic E-state index is 6.27. The fourth-order valence-corrected chi connectivity index (χ4v) is 8.67. The molecule has 4 aromatic heterocycles. The van der Waals surface area contributed by atoms with Crippen LogP contribution in [0.15, 0.2) is 205 Å². The zero-order chi connectivity index (χ0) is 39.6. The Morgan fingerprint density at radius 3 is 1.75 bits per heavy atom. The summed E-state index contributed by atoms with van der Waals surface area (Å²) in [4.78, 5) is 20.0. The molecule has 0 spiro atoms. The van der Waals surface area contributed by atoms with E-state index in [0.29, 0.717) is 17.5 Å². The number of aromatic nitrogens is 5. The third-order valence-corrected chi connectivity index (χ3v) is 11.5. The van der Waals surface area contributed by atoms with E-state index in [4.69, 9.17) is 19.4 Å². The molecule has 0 unspecified atom stereocenters. The number of hydrogen-bond acceptors (Lipinski definition) is 5. The van der Waals surface area contributed by atoms with Gasteiger partial charge in [-0.05, 0) is 87.6 Å². The Morgan fingerprint density at radius 1 is 0.383 bits per heavy atom. The van der Waals surface area contributed by atoms with Crippen molar-refractivity contribution in [3.63, 3.8) is 0 Å². The SMILES string of the molecule is c1ccc(-c2ccc3cc(-c4nc(-c5cccc(-c6cccc(-n7c8ccccc8c8ccccc87)c6)c5)nc(-c5cccc6oc7ccncc7c56)n4)ccc3c2)cc1. The number of hydrogen-bond donors (Lipinski definition) is 0. The molecule has 6 nitrogen and oxygen atoms in total. The lowest BCUT2D eigenvalue weighted by atomic mass is 9.99. The first-order valence-electron chi connectivity index (χ1n) is 20.0. The molecule has 12 rings (SSSR count). The molecule has 0 aliphatic carbocycles. The van der Waals surface area contributed by atoms with Crippen LogP contribution < -0.4 is 0 Å². The number of rotatable bonds is 6. The van der Waals surface area contributed by atoms with Crippen molar-refractivity contribution in [2.24, 2.45) is 0 Å². The van der Waals surface area contributed by atoms with Gasteiger partial charge in [-0.25, -0.2) is 15.0 Å². The van der Waals surface area contributed by atoms with Crippen molar-refractivity contribution in [3.8, 4) is 62.1 Å². The first-order valence-corrected chi connectivity index (χ1v) is 20.0. The number of nitrogens with zero attached hydrogens (tertiary/aromatic N) is 5. The molecular weight excluding hydrogens is 735 g/mol. The van der Waals surface area contributed by atoms with Crippen LogP contribution >= 0.6 is 0 Å². The van der Waals surface area contributed by atoms with Crippen LogP contribution in [-0.4, -0.2) is 24.5 Å². The van der Waals surface area contributed by atoms with Gasteiger partial charge < -0.3 is 8.98 Å². The van der Waals surface area contributed by atoms with E-state index >= 15 is 0 Å². The van der Waals surface area contributed by atoms with Crippen molar-refractivity contribution in [1.82, 2.24) is 24.5 Å². The molecule has 0 saturated carbocycles. The highest BCUT2D eigenvalue weighted by molar-refractivity contribution is 6.12. The molecule has 0 aliphatic heterocycles. The van der Waals surface area contributed by atoms with E-state index in [1.165, 1.54) is 32.9 Å². The second kappa shape index (κ2) is 13.7. The van der Waals surface area contributed by atoms with Gasteiger partial charge in [0, 0.05) is 56.3 Å². The second-order valence-corrected chi connectivity index (χ2v) is 15.1. The lowest BCUT2D eigenvalue weighted by Gasteiger charge is -2.12. The van der Waals surface area contributed by atoms with Crippen molar-refractivity contribution < 1.29 is 4.42 Å². The summed E-state index contributed by atoms with van der Waals surface area (Å²) in [6.45, 7) is 0. The Kier molecular flexibility index (Phi) is 7.74. The van der Waals surface area contributed by atoms with Crippen molar-refractivity contribution in [3.05, 3.63) is 200 Å². The highest BCUT2D eigenvalue weighted by Gasteiger charge is 2.19. The van der Waals surface area contributed by atoms with E-state index in [9.17, 15) is 0 Å². The van der Waals surface area contributed by atoms with Crippen LogP contribution in [-0.2, 0) is 0 Å². The monoisotopic (exact) mass is 767 g/mol. The Bertz CT molecular complexity index is 3570. The van der Waals surface area contributed by atoms with E-state index in [1.54, 1.807) is 6.20 Å². The number of fused-ring (bicyclic) bond motifs is 7. The van der Waals surface area contributed by atoms with E-state index in [-0.39, 0.29) is 0 Å². The predicted octanol–water partition coefficient (Wildman–Crippen LogP) is 13.8. The van der Waals surface area contributed by atoms with E-state index < -0.39 is 0 Å². The molecule has 60 heavy (non-hydrogen) atoms. The Balaban J connectivity index is 1.01. The molecular formula is C54H33N5O. The molecule has 4 heterocycles. The van der Waals surface area contributed by atoms with Crippen molar-refractivity contribution in [1.29, 1.82) is 0 Å². The standard InChI is InChI=1S/C54H33N5O/c1-2-11-34(12-3-1)37-23-24-39-31-41(26-25-38(39)29-37)53-56-52(57-54(58-53)45-19-10-22-50-51(45)46-33-55-28-27-49(46)60-50)40-15-8-13-35(30-40)36-14-9-16-42(32-36)59-47-20-6-4-17-43(47)44-18-5-7-21-48(44)59/h1-33H. The molecule has 0 atom stereocenters. The maximum Gasteiger partial charge on any atom is 0.164 e. The summed E-state index contributed by atoms with van der Waals surface area (Å²) >= 11 is 0. The zero-order valence-electron chi connectivity index (χ0n) is 32.2. The summed E-state index contributed by atoms with van der Waals surface area (Å²) in [6.07, 6.45) is 3.59. The molecule has 0 fully saturated rings. The van der Waals surface area contributed by atoms with Crippen LogP contribution in [0, 0.1) is 0 Å². The van der Waals surface area contributed by atoms with Gasteiger partial charge in [0.1, 0.15) is 11.2 Å². The van der Waals surface area contributed by atoms with Gasteiger partial charge in [-0.1, -0.05) is 133 Å². The minimum Gasteiger partial charge on any atom is -0.456 e. The molecule has 8 aromatic carbocycles. The largest absolute Gasteiger partial charge is 0.456 e. The third-order valence-electron chi connectivity index (χ3n) is 11.5. The van der Waals surface area contributed by atoms with Crippen LogP contribution in [0.4, 0.5) is 0 Å². The summed E-state index contributed by atoms with van der Waals surface area (Å²) in [5, 5.41) is 6.56. The average Bonchev–Trinajstić information content (AvgIpc) is 3.88. The lowest BCUT2D eigenvalue weighted by molar-refractivity contribution is 0.668. The highest BCUT2D eigenvalue weighted by atomic mass is 16.3. The summed E-state index contributed by atoms with van der Waals surface area (Å²) in [5.74, 6) is 1.73. The second-order valence-electron chi connectivity index (χ2n) is 15.1. The minimum atomic E-state index is 0.561. The molecule has 6 heteroatoms. The topological polar surface area (TPSA) is 69.6 Å². The van der Waals surface area contributed by atoms with Crippen molar-refractivity contribution in [2.75, 3.05) is 0 Å². The average molecular weight is 768 g/mol. The van der Waals surface area contributed by atoms with Gasteiger partial charge in [0.25, 0.3) is 0 Å². The number of pyridine rings is 1. The molecule has 0 bridgehead atoms. The van der Waals surface area contributed by atoms with Crippen LogP contribution in [0.1, 0.15) is 0 Å². The minimum absolute atomic E-state index is 0.561. The molecule has 0 radical (unpaired) electrons. The Hall–Kier alpha value is -8.22. The maximum absolute atomic E-state index is 6.27. The number of benzene rings is 8. The molecule has 0 amide bonds. The summed E-state index contributed by atoms with van der Waals surface area (Å²) < 4.78 is 8.62. The predicted molar refractivity (Wildman–Crippen MR) is 244 cm³/mol. The summed E-state index contributed by atoms with van der Waals surface area (Å²) in [7, 11) is 0. The third kappa shape index (κ3) is 5.65. The van der Waals surface area contributed by atoms with Crippen LogP contribution in [0.25, 0.3) is 117 Å². The summed E-state index contributed by atoms with van der Waals surface area (Å²) in [5.41, 5.74) is 12.1. The van der Waals surface area contributed by atoms with Gasteiger partial charge in [-0.2, -0.15) is 0 Å². The van der Waals surface area contributed by atoms with Crippen LogP contribution in [0.5, 0.6) is 0 Å². The first-order chi connectivity index (χ1) is 29.7. The van der Waals surface area contributed by atoms with Crippen LogP contribution in [0.3, 0.4) is 0 Å². The van der Waals surface area contributed by atoms with E-state index in [2.05, 4.69) is 173 Å². The van der Waals surface area contributed by atoms with Gasteiger partial charge >= 0.3 is 0 Å². The fourth-order valence-electron chi connectivity index (χ4n) is 8.67. The first kappa shape index (κ1) is 33.9. The highest BCUT2D eigenvalue weighted by Crippen LogP contribution is 2.38. The molecule has 0 aliphatic rings. The number of furan rings is 1. The van der Waals surface area contributed by atoms with Crippen molar-refractivity contribution in [2.45, 2.75) is 0 Å². The molecule has 0 saturated heterocycles.